The van der Waals surface area contributed by atoms with Crippen LogP contribution in [0.1, 0.15) is 33.6 Å². The summed E-state index contributed by atoms with van der Waals surface area (Å²) in [4.78, 5) is 18.1. The number of aromatic nitrogens is 4. The first-order valence-electron chi connectivity index (χ1n) is 5.98. The molecule has 0 saturated heterocycles. The van der Waals surface area contributed by atoms with Crippen LogP contribution in [0.5, 0.6) is 0 Å². The lowest BCUT2D eigenvalue weighted by Crippen LogP contribution is -2.09. The minimum Gasteiger partial charge on any atom is -0.295 e. The van der Waals surface area contributed by atoms with Crippen LogP contribution in [0, 0.1) is 5.41 Å². The van der Waals surface area contributed by atoms with Crippen molar-refractivity contribution < 1.29 is 0 Å². The molecule has 2 aromatic heterocycles. The number of rotatable bonds is 3. The van der Waals surface area contributed by atoms with Gasteiger partial charge < -0.3 is 0 Å². The highest BCUT2D eigenvalue weighted by molar-refractivity contribution is 6.28. The van der Waals surface area contributed by atoms with Crippen LogP contribution in [0.4, 0.5) is 0 Å². The molecule has 2 rings (SSSR count). The molecule has 0 spiro atoms. The molecule has 5 nitrogen and oxygen atoms in total. The number of nitrogens with zero attached hydrogens (tertiary/aromatic N) is 3. The summed E-state index contributed by atoms with van der Waals surface area (Å²) in [5.74, 6) is 0. The Morgan fingerprint density at radius 2 is 2.17 bits per heavy atom. The van der Waals surface area contributed by atoms with Gasteiger partial charge in [-0.05, 0) is 29.9 Å². The number of hydrogen-bond donors (Lipinski definition) is 1. The second-order valence-electron chi connectivity index (χ2n) is 5.65. The number of halogens is 1. The van der Waals surface area contributed by atoms with Crippen LogP contribution in [0.25, 0.3) is 11.0 Å². The average Bonchev–Trinajstić information content (AvgIpc) is 2.58. The Morgan fingerprint density at radius 1 is 1.44 bits per heavy atom. The molecule has 2 aromatic rings. The Hall–Kier alpha value is -1.36. The molecule has 0 bridgehead atoms. The van der Waals surface area contributed by atoms with Gasteiger partial charge in [0.05, 0.1) is 6.20 Å². The molecule has 0 atom stereocenters. The normalized spacial score (nSPS) is 12.2. The minimum atomic E-state index is -0.292. The molecule has 18 heavy (non-hydrogen) atoms. The van der Waals surface area contributed by atoms with Crippen LogP contribution < -0.4 is 5.56 Å². The Morgan fingerprint density at radius 3 is 2.83 bits per heavy atom. The molecule has 0 aliphatic rings. The van der Waals surface area contributed by atoms with Gasteiger partial charge in [-0.1, -0.05) is 20.8 Å². The quantitative estimate of drug-likeness (QED) is 0.871. The Bertz CT molecular complexity index is 609. The first-order chi connectivity index (χ1) is 8.35. The van der Waals surface area contributed by atoms with E-state index in [1.165, 1.54) is 0 Å². The van der Waals surface area contributed by atoms with Gasteiger partial charge in [0.25, 0.3) is 5.56 Å². The predicted octanol–water partition coefficient (Wildman–Crippen LogP) is 2.60. The first-order valence-corrected chi connectivity index (χ1v) is 6.36. The highest BCUT2D eigenvalue weighted by Crippen LogP contribution is 2.21. The summed E-state index contributed by atoms with van der Waals surface area (Å²) in [6.07, 6.45) is 3.88. The second kappa shape index (κ2) is 4.72. The molecule has 0 unspecified atom stereocenters. The fraction of sp³-hybridized carbons (Fsp3) is 0.583. The lowest BCUT2D eigenvalue weighted by molar-refractivity contribution is 0.349. The molecule has 0 aliphatic carbocycles. The summed E-state index contributed by atoms with van der Waals surface area (Å²) in [5.41, 5.74) is 0.903. The second-order valence-corrected chi connectivity index (χ2v) is 6.00. The van der Waals surface area contributed by atoms with Gasteiger partial charge in [-0.25, -0.2) is 4.98 Å². The zero-order valence-corrected chi connectivity index (χ0v) is 11.6. The lowest BCUT2D eigenvalue weighted by atomic mass is 9.91. The third-order valence-corrected chi connectivity index (χ3v) is 2.89. The van der Waals surface area contributed by atoms with E-state index < -0.39 is 0 Å². The highest BCUT2D eigenvalue weighted by Gasteiger charge is 2.11. The summed E-state index contributed by atoms with van der Waals surface area (Å²) in [6.45, 7) is 7.40. The van der Waals surface area contributed by atoms with Gasteiger partial charge in [-0.3, -0.25) is 14.5 Å². The summed E-state index contributed by atoms with van der Waals surface area (Å²) < 4.78 is 1.76. The van der Waals surface area contributed by atoms with Crippen molar-refractivity contribution in [3.63, 3.8) is 0 Å². The average molecular weight is 269 g/mol. The van der Waals surface area contributed by atoms with E-state index in [9.17, 15) is 4.79 Å². The summed E-state index contributed by atoms with van der Waals surface area (Å²) >= 11 is 5.69. The van der Waals surface area contributed by atoms with E-state index in [0.29, 0.717) is 16.4 Å². The molecule has 0 aromatic carbocycles. The van der Waals surface area contributed by atoms with Crippen LogP contribution in [-0.2, 0) is 6.54 Å². The summed E-state index contributed by atoms with van der Waals surface area (Å²) in [6, 6.07) is 0. The molecule has 0 aliphatic heterocycles. The topological polar surface area (TPSA) is 63.6 Å². The lowest BCUT2D eigenvalue weighted by Gasteiger charge is -2.17. The van der Waals surface area contributed by atoms with Crippen molar-refractivity contribution in [2.75, 3.05) is 0 Å². The van der Waals surface area contributed by atoms with E-state index in [2.05, 4.69) is 35.8 Å². The molecule has 0 amide bonds. The van der Waals surface area contributed by atoms with E-state index in [-0.39, 0.29) is 10.8 Å². The third kappa shape index (κ3) is 3.10. The SMILES string of the molecule is CC(C)(C)CCCn1cc2nc(Cl)[nH]c(=O)c2n1. The van der Waals surface area contributed by atoms with Crippen molar-refractivity contribution in [2.45, 2.75) is 40.2 Å². The van der Waals surface area contributed by atoms with Crippen molar-refractivity contribution in [1.82, 2.24) is 19.7 Å². The van der Waals surface area contributed by atoms with Gasteiger partial charge in [-0.2, -0.15) is 5.10 Å². The Labute approximate surface area is 110 Å². The molecule has 0 radical (unpaired) electrons. The maximum atomic E-state index is 11.6. The maximum Gasteiger partial charge on any atom is 0.280 e. The van der Waals surface area contributed by atoms with Gasteiger partial charge in [0.15, 0.2) is 5.52 Å². The largest absolute Gasteiger partial charge is 0.295 e. The highest BCUT2D eigenvalue weighted by atomic mass is 35.5. The van der Waals surface area contributed by atoms with E-state index in [1.807, 2.05) is 0 Å². The monoisotopic (exact) mass is 268 g/mol. The molecule has 98 valence electrons. The zero-order chi connectivity index (χ0) is 13.3. The predicted molar refractivity (Wildman–Crippen MR) is 71.8 cm³/mol. The number of H-pyrrole nitrogens is 1. The molecule has 2 heterocycles. The fourth-order valence-electron chi connectivity index (χ4n) is 1.83. The number of aromatic amines is 1. The third-order valence-electron chi connectivity index (χ3n) is 2.71. The number of hydrogen-bond acceptors (Lipinski definition) is 3. The van der Waals surface area contributed by atoms with Crippen molar-refractivity contribution in [3.05, 3.63) is 21.8 Å². The van der Waals surface area contributed by atoms with Crippen LogP contribution in [0.15, 0.2) is 11.0 Å². The molecule has 1 N–H and O–H groups in total. The smallest absolute Gasteiger partial charge is 0.280 e. The molecular formula is C12H17ClN4O. The van der Waals surface area contributed by atoms with Crippen molar-refractivity contribution in [3.8, 4) is 0 Å². The summed E-state index contributed by atoms with van der Waals surface area (Å²) in [7, 11) is 0. The Balaban J connectivity index is 2.16. The van der Waals surface area contributed by atoms with Gasteiger partial charge in [0.2, 0.25) is 5.28 Å². The minimum absolute atomic E-state index is 0.0988. The van der Waals surface area contributed by atoms with E-state index in [1.54, 1.807) is 10.9 Å². The number of aryl methyl sites for hydroxylation is 1. The molecule has 0 fully saturated rings. The van der Waals surface area contributed by atoms with Crippen LogP contribution in [0.3, 0.4) is 0 Å². The first kappa shape index (κ1) is 13.1. The zero-order valence-electron chi connectivity index (χ0n) is 10.8. The van der Waals surface area contributed by atoms with Crippen molar-refractivity contribution >= 4 is 22.6 Å². The molecular weight excluding hydrogens is 252 g/mol. The number of nitrogens with one attached hydrogen (secondary N) is 1. The van der Waals surface area contributed by atoms with E-state index in [4.69, 9.17) is 11.6 Å². The van der Waals surface area contributed by atoms with Crippen LogP contribution in [-0.4, -0.2) is 19.7 Å². The molecule has 0 saturated carbocycles. The van der Waals surface area contributed by atoms with Gasteiger partial charge in [0, 0.05) is 6.54 Å². The standard InChI is InChI=1S/C12H17ClN4O/c1-12(2,3)5-4-6-17-7-8-9(16-17)10(18)15-11(13)14-8/h7H,4-6H2,1-3H3,(H,14,15,18). The number of fused-ring (bicyclic) bond motifs is 1. The summed E-state index contributed by atoms with van der Waals surface area (Å²) in [5, 5.41) is 4.32. The maximum absolute atomic E-state index is 11.6. The van der Waals surface area contributed by atoms with Crippen LogP contribution >= 0.6 is 11.6 Å². The fourth-order valence-corrected chi connectivity index (χ4v) is 2.00. The van der Waals surface area contributed by atoms with E-state index in [0.717, 1.165) is 19.4 Å². The van der Waals surface area contributed by atoms with Crippen molar-refractivity contribution in [2.24, 2.45) is 5.41 Å². The van der Waals surface area contributed by atoms with E-state index >= 15 is 0 Å². The van der Waals surface area contributed by atoms with Crippen LogP contribution in [0.2, 0.25) is 5.28 Å². The Kier molecular flexibility index (Phi) is 3.43. The van der Waals surface area contributed by atoms with Gasteiger partial charge >= 0.3 is 0 Å². The molecule has 6 heteroatoms. The van der Waals surface area contributed by atoms with Crippen molar-refractivity contribution in [1.29, 1.82) is 0 Å². The van der Waals surface area contributed by atoms with Gasteiger partial charge in [0.1, 0.15) is 5.52 Å². The van der Waals surface area contributed by atoms with Gasteiger partial charge in [-0.15, -0.1) is 0 Å².